The van der Waals surface area contributed by atoms with Gasteiger partial charge in [0.1, 0.15) is 12.6 Å². The van der Waals surface area contributed by atoms with Crippen LogP contribution >= 0.6 is 0 Å². The van der Waals surface area contributed by atoms with Gasteiger partial charge in [0.25, 0.3) is 0 Å². The molecule has 0 aliphatic carbocycles. The number of carbonyl (C=O) groups excluding carboxylic acids is 2. The molecule has 10 heteroatoms. The molecule has 0 saturated heterocycles. The minimum absolute atomic E-state index is 0. The van der Waals surface area contributed by atoms with Crippen LogP contribution in [0.4, 0.5) is 0 Å². The average Bonchev–Trinajstić information content (AvgIpc) is 3.23. The van der Waals surface area contributed by atoms with Crippen molar-refractivity contribution < 1.29 is 19.2 Å². The number of hydrogen-bond acceptors (Lipinski definition) is 5. The average molecular weight is 1390 g/mol. The van der Waals surface area contributed by atoms with Crippen LogP contribution in [0.25, 0.3) is 0 Å². The number of amides is 2. The quantitative estimate of drug-likeness (QED) is 0.0277. The molecule has 0 radical (unpaired) electrons. The summed E-state index contributed by atoms with van der Waals surface area (Å²) in [4.78, 5) is 27.1. The van der Waals surface area contributed by atoms with Gasteiger partial charge in [0.05, 0.1) is 20.6 Å². The first-order chi connectivity index (χ1) is 29.7. The first kappa shape index (κ1) is 63.5. The van der Waals surface area contributed by atoms with Crippen molar-refractivity contribution in [3.05, 3.63) is 25.3 Å². The fourth-order valence-electron chi connectivity index (χ4n) is 8.42. The van der Waals surface area contributed by atoms with Gasteiger partial charge in [0.2, 0.25) is 11.8 Å². The van der Waals surface area contributed by atoms with Gasteiger partial charge in [-0.2, -0.15) is 0 Å². The zero-order valence-corrected chi connectivity index (χ0v) is 55.2. The van der Waals surface area contributed by atoms with Gasteiger partial charge in [0.15, 0.2) is 0 Å². The summed E-state index contributed by atoms with van der Waals surface area (Å²) < 4.78 is 0.841. The molecule has 0 saturated carbocycles. The topological polar surface area (TPSA) is 93.7 Å². The molecule has 0 aromatic carbocycles. The monoisotopic (exact) mass is 1390 g/mol. The first-order valence-corrected chi connectivity index (χ1v) is 26.3. The maximum atomic E-state index is 12.5. The number of unbranched alkanes of at least 4 members (excludes halogenated alkanes) is 27. The standard InChI is InChI=1S/C53H104N5O3.2Rf/c1-6-9-12-15-18-21-22-23-24-25-26-27-28-31-34-37-48-58(4,5)50-51(59)49-57(46-39-44-56-53(61)41-36-33-30-20-17-14-11-8-3)47-45-54-42-38-43-55-52(60)40-35-32-29-19-16-13-10-7-2;;/h2-3,7-8,51,54,59H,6,9-50H2,1,4-5H3,(H,55,60)(H,56,61);;/q-1;;. The molecule has 8 nitrogen and oxygen atoms in total. The van der Waals surface area contributed by atoms with Gasteiger partial charge in [-0.05, 0) is 51.6 Å². The Balaban J connectivity index is -0.0000180. The van der Waals surface area contributed by atoms with E-state index in [-0.39, 0.29) is 11.8 Å². The van der Waals surface area contributed by atoms with Gasteiger partial charge in [-0.3, -0.25) is 26.6 Å². The summed E-state index contributed by atoms with van der Waals surface area (Å²) in [5.41, 5.74) is 0. The van der Waals surface area contributed by atoms with Crippen LogP contribution in [-0.2, 0) is 9.59 Å². The molecule has 0 fully saturated rings. The van der Waals surface area contributed by atoms with Crippen molar-refractivity contribution in [1.82, 2.24) is 20.9 Å². The van der Waals surface area contributed by atoms with Crippen molar-refractivity contribution >= 4 is 11.8 Å². The smallest absolute Gasteiger partial charge is 0.219 e. The summed E-state index contributed by atoms with van der Waals surface area (Å²) in [6.07, 6.45) is 43.9. The largest absolute Gasteiger partial charge is 0.518 e. The second-order valence-corrected chi connectivity index (χ2v) is 19.0. The Morgan fingerprint density at radius 1 is 0.524 bits per heavy atom. The Hall–Kier alpha value is -3.74. The van der Waals surface area contributed by atoms with E-state index >= 15 is 0 Å². The molecule has 4 N–H and O–H groups in total. The summed E-state index contributed by atoms with van der Waals surface area (Å²) in [6, 6.07) is 0. The van der Waals surface area contributed by atoms with Crippen LogP contribution in [0.15, 0.2) is 12.2 Å². The number of nitrogens with one attached hydrogen (secondary N) is 3. The van der Waals surface area contributed by atoms with Gasteiger partial charge in [-0.15, -0.1) is 0 Å². The Morgan fingerprint density at radius 3 is 1.37 bits per heavy atom. The molecular weight excluding hydrogens is 1290 g/mol. The number of aliphatic hydroxyl groups excluding tert-OH is 1. The molecule has 0 bridgehead atoms. The molecule has 1 unspecified atom stereocenters. The van der Waals surface area contributed by atoms with Crippen LogP contribution in [-0.4, -0.2) is 105 Å². The molecule has 0 heterocycles. The Bertz CT molecular complexity index is 988. The van der Waals surface area contributed by atoms with E-state index in [0.29, 0.717) is 32.5 Å². The Kier molecular flexibility index (Phi) is 49.7. The summed E-state index contributed by atoms with van der Waals surface area (Å²) in [7, 11) is 4.53. The van der Waals surface area contributed by atoms with Gasteiger partial charge < -0.3 is 38.7 Å². The van der Waals surface area contributed by atoms with E-state index < -0.39 is 6.10 Å². The van der Waals surface area contributed by atoms with Crippen LogP contribution in [0.5, 0.6) is 0 Å². The van der Waals surface area contributed by atoms with Crippen molar-refractivity contribution in [2.45, 2.75) is 231 Å². The van der Waals surface area contributed by atoms with Gasteiger partial charge in [0, 0.05) is 45.6 Å². The van der Waals surface area contributed by atoms with Gasteiger partial charge >= 0.3 is 0 Å². The second kappa shape index (κ2) is 49.3. The molecule has 2 amide bonds. The van der Waals surface area contributed by atoms with Crippen LogP contribution < -0.4 is 16.0 Å². The van der Waals surface area contributed by atoms with E-state index in [1.54, 1.807) is 12.2 Å². The fourth-order valence-corrected chi connectivity index (χ4v) is 8.42. The first-order valence-electron chi connectivity index (χ1n) is 26.3. The van der Waals surface area contributed by atoms with Crippen molar-refractivity contribution in [1.29, 1.82) is 0 Å². The third-order valence-corrected chi connectivity index (χ3v) is 12.3. The fraction of sp³-hybridized carbons (Fsp3) is 0.887. The second-order valence-electron chi connectivity index (χ2n) is 19.0. The number of nitrogens with zero attached hydrogens (tertiary/aromatic N) is 2. The van der Waals surface area contributed by atoms with E-state index in [0.717, 1.165) is 102 Å². The minimum Gasteiger partial charge on any atom is -0.518 e. The van der Waals surface area contributed by atoms with Gasteiger partial charge in [-0.1, -0.05) is 174 Å². The van der Waals surface area contributed by atoms with E-state index in [4.69, 9.17) is 13.2 Å². The molecule has 63 heavy (non-hydrogen) atoms. The predicted molar refractivity (Wildman–Crippen MR) is 264 cm³/mol. The third-order valence-electron chi connectivity index (χ3n) is 12.3. The molecule has 0 aromatic rings. The maximum Gasteiger partial charge on any atom is 0.219 e. The molecule has 1 atom stereocenters. The number of carbonyl (C=O) groups is 2. The molecular formula is C53H104N5O3Rf2-. The maximum absolute atomic E-state index is 12.5. The molecule has 0 rings (SSSR count). The summed E-state index contributed by atoms with van der Waals surface area (Å²) in [5, 5.41) is 21.1. The van der Waals surface area contributed by atoms with E-state index in [1.807, 2.05) is 0 Å². The molecule has 0 spiro atoms. The zero-order valence-electron chi connectivity index (χ0n) is 42.4. The number of rotatable bonds is 50. The molecule has 364 valence electrons. The third kappa shape index (κ3) is 49.1. The summed E-state index contributed by atoms with van der Waals surface area (Å²) >= 11 is 0. The zero-order chi connectivity index (χ0) is 44.8. The number of allylic oxidation sites excluding steroid dienone is 2. The molecule has 0 aliphatic rings. The van der Waals surface area contributed by atoms with E-state index in [2.05, 4.69) is 41.9 Å². The van der Waals surface area contributed by atoms with Crippen LogP contribution in [0.1, 0.15) is 225 Å². The van der Waals surface area contributed by atoms with E-state index in [9.17, 15) is 14.7 Å². The molecule has 0 aromatic heterocycles. The predicted octanol–water partition coefficient (Wildman–Crippen LogP) is 11.8. The van der Waals surface area contributed by atoms with Crippen molar-refractivity contribution in [3.63, 3.8) is 0 Å². The molecule has 0 aliphatic heterocycles. The van der Waals surface area contributed by atoms with Crippen molar-refractivity contribution in [2.24, 2.45) is 0 Å². The Labute approximate surface area is 380 Å². The number of aliphatic hydroxyl groups is 1. The number of quaternary nitrogens is 1. The van der Waals surface area contributed by atoms with Crippen LogP contribution in [0.2, 0.25) is 0 Å². The van der Waals surface area contributed by atoms with Crippen LogP contribution in [0.3, 0.4) is 0 Å². The minimum atomic E-state index is -0.399. The van der Waals surface area contributed by atoms with Crippen molar-refractivity contribution in [3.8, 4) is 0 Å². The normalized spacial score (nSPS) is 11.8. The number of hydrogen-bond donors (Lipinski definition) is 4. The van der Waals surface area contributed by atoms with E-state index in [1.165, 1.54) is 148 Å². The van der Waals surface area contributed by atoms with Gasteiger partial charge in [-0.25, -0.2) is 0 Å². The van der Waals surface area contributed by atoms with Crippen LogP contribution in [0, 0.1) is 13.2 Å². The SMILES string of the molecule is [CH-]=CCCCCCCCCC(=O)NCCCNCCN(CCCNC(=O)CCCCCCCCC=[CH-])CC(O)C[N+](C)(C)CCCCCCCCCCCCCCCCCC.[Rf].[Rf]. The number of likely N-dealkylation sites (N-methyl/N-ethyl adjacent to an activating group) is 1. The summed E-state index contributed by atoms with van der Waals surface area (Å²) in [6.45, 7) is 20.4. The van der Waals surface area contributed by atoms with Crippen molar-refractivity contribution in [2.75, 3.05) is 73.0 Å². The summed E-state index contributed by atoms with van der Waals surface area (Å²) in [5.74, 6) is 0.313. The Morgan fingerprint density at radius 2 is 0.921 bits per heavy atom.